The van der Waals surface area contributed by atoms with Crippen LogP contribution in [0.3, 0.4) is 0 Å². The molecule has 0 aliphatic heterocycles. The van der Waals surface area contributed by atoms with Crippen LogP contribution in [0.2, 0.25) is 0 Å². The van der Waals surface area contributed by atoms with Crippen molar-refractivity contribution in [3.05, 3.63) is 58.7 Å². The van der Waals surface area contributed by atoms with E-state index in [0.717, 1.165) is 22.6 Å². The van der Waals surface area contributed by atoms with E-state index in [9.17, 15) is 0 Å². The summed E-state index contributed by atoms with van der Waals surface area (Å²) < 4.78 is 11.1. The van der Waals surface area contributed by atoms with Crippen molar-refractivity contribution in [1.29, 1.82) is 0 Å². The standard InChI is InChI=1S/C22H30O4/c1-15-13-19(5-7-21(15)25-11-9-23)17(3)18(4)20-6-8-22(16(2)14-20)26-12-10-24/h5-8,13-14,17-18,23-24H,9-12H2,1-4H3. The van der Waals surface area contributed by atoms with Crippen LogP contribution in [0.25, 0.3) is 0 Å². The predicted molar refractivity (Wildman–Crippen MR) is 104 cm³/mol. The first-order valence-electron chi connectivity index (χ1n) is 9.16. The zero-order valence-corrected chi connectivity index (χ0v) is 16.2. The Balaban J connectivity index is 2.14. The van der Waals surface area contributed by atoms with E-state index in [1.807, 2.05) is 26.0 Å². The molecule has 0 amide bonds. The summed E-state index contributed by atoms with van der Waals surface area (Å²) in [4.78, 5) is 0. The maximum atomic E-state index is 8.90. The van der Waals surface area contributed by atoms with E-state index in [1.165, 1.54) is 11.1 Å². The van der Waals surface area contributed by atoms with Crippen molar-refractivity contribution in [2.24, 2.45) is 0 Å². The van der Waals surface area contributed by atoms with E-state index < -0.39 is 0 Å². The fourth-order valence-corrected chi connectivity index (χ4v) is 3.12. The van der Waals surface area contributed by atoms with Crippen LogP contribution in [0.4, 0.5) is 0 Å². The Morgan fingerprint density at radius 1 is 0.731 bits per heavy atom. The second kappa shape index (κ2) is 9.60. The highest BCUT2D eigenvalue weighted by Crippen LogP contribution is 2.35. The second-order valence-electron chi connectivity index (χ2n) is 6.77. The zero-order chi connectivity index (χ0) is 19.1. The van der Waals surface area contributed by atoms with Crippen LogP contribution in [0.15, 0.2) is 36.4 Å². The number of aliphatic hydroxyl groups excluding tert-OH is 2. The molecule has 0 fully saturated rings. The number of aliphatic hydroxyl groups is 2. The molecule has 26 heavy (non-hydrogen) atoms. The van der Waals surface area contributed by atoms with Gasteiger partial charge in [-0.3, -0.25) is 0 Å². The Morgan fingerprint density at radius 3 is 1.42 bits per heavy atom. The molecule has 0 saturated carbocycles. The molecule has 0 radical (unpaired) electrons. The van der Waals surface area contributed by atoms with Gasteiger partial charge in [0.15, 0.2) is 0 Å². The maximum absolute atomic E-state index is 8.90. The second-order valence-corrected chi connectivity index (χ2v) is 6.77. The Bertz CT molecular complexity index is 650. The quantitative estimate of drug-likeness (QED) is 0.712. The molecule has 2 aromatic rings. The third-order valence-electron chi connectivity index (χ3n) is 4.90. The molecule has 4 heteroatoms. The summed E-state index contributed by atoms with van der Waals surface area (Å²) in [5.41, 5.74) is 4.70. The van der Waals surface area contributed by atoms with Gasteiger partial charge in [0.25, 0.3) is 0 Å². The topological polar surface area (TPSA) is 58.9 Å². The lowest BCUT2D eigenvalue weighted by molar-refractivity contribution is 0.200. The lowest BCUT2D eigenvalue weighted by Crippen LogP contribution is -2.08. The van der Waals surface area contributed by atoms with Crippen LogP contribution in [0.1, 0.15) is 47.9 Å². The normalized spacial score (nSPS) is 13.3. The molecule has 0 spiro atoms. The van der Waals surface area contributed by atoms with E-state index in [0.29, 0.717) is 25.0 Å². The van der Waals surface area contributed by atoms with Gasteiger partial charge in [0.1, 0.15) is 24.7 Å². The fraction of sp³-hybridized carbons (Fsp3) is 0.455. The van der Waals surface area contributed by atoms with Gasteiger partial charge in [0.2, 0.25) is 0 Å². The molecule has 2 rings (SSSR count). The van der Waals surface area contributed by atoms with E-state index in [2.05, 4.69) is 38.1 Å². The SMILES string of the molecule is Cc1cc(C(C)C(C)c2ccc(OCCO)c(C)c2)ccc1OCCO. The first kappa shape index (κ1) is 20.3. The number of aryl methyl sites for hydroxylation is 2. The van der Waals surface area contributed by atoms with Crippen LogP contribution in [0, 0.1) is 13.8 Å². The Morgan fingerprint density at radius 2 is 1.12 bits per heavy atom. The van der Waals surface area contributed by atoms with Gasteiger partial charge in [-0.2, -0.15) is 0 Å². The summed E-state index contributed by atoms with van der Waals surface area (Å²) in [5, 5.41) is 17.8. The third kappa shape index (κ3) is 4.99. The first-order chi connectivity index (χ1) is 12.5. The van der Waals surface area contributed by atoms with E-state index in [4.69, 9.17) is 19.7 Å². The highest BCUT2D eigenvalue weighted by Gasteiger charge is 2.18. The van der Waals surface area contributed by atoms with Crippen LogP contribution in [-0.4, -0.2) is 36.6 Å². The molecule has 2 atom stereocenters. The van der Waals surface area contributed by atoms with Gasteiger partial charge in [-0.25, -0.2) is 0 Å². The summed E-state index contributed by atoms with van der Waals surface area (Å²) in [5.74, 6) is 2.35. The summed E-state index contributed by atoms with van der Waals surface area (Å²) in [6, 6.07) is 12.5. The summed E-state index contributed by atoms with van der Waals surface area (Å²) in [7, 11) is 0. The van der Waals surface area contributed by atoms with E-state index in [-0.39, 0.29) is 13.2 Å². The van der Waals surface area contributed by atoms with Crippen molar-refractivity contribution in [3.63, 3.8) is 0 Å². The van der Waals surface area contributed by atoms with Gasteiger partial charge in [-0.15, -0.1) is 0 Å². The first-order valence-corrected chi connectivity index (χ1v) is 9.16. The average Bonchev–Trinajstić information content (AvgIpc) is 2.64. The lowest BCUT2D eigenvalue weighted by atomic mass is 9.83. The maximum Gasteiger partial charge on any atom is 0.122 e. The largest absolute Gasteiger partial charge is 0.491 e. The zero-order valence-electron chi connectivity index (χ0n) is 16.2. The summed E-state index contributed by atoms with van der Waals surface area (Å²) in [6.45, 7) is 9.21. The predicted octanol–water partition coefficient (Wildman–Crippen LogP) is 3.95. The highest BCUT2D eigenvalue weighted by molar-refractivity contribution is 5.41. The lowest BCUT2D eigenvalue weighted by Gasteiger charge is -2.23. The molecule has 0 aliphatic carbocycles. The molecule has 2 aromatic carbocycles. The molecule has 4 nitrogen and oxygen atoms in total. The molecule has 2 N–H and O–H groups in total. The molecule has 0 saturated heterocycles. The Kier molecular flexibility index (Phi) is 7.49. The minimum absolute atomic E-state index is 0.0198. The van der Waals surface area contributed by atoms with Gasteiger partial charge in [-0.05, 0) is 60.1 Å². The molecular weight excluding hydrogens is 328 g/mol. The van der Waals surface area contributed by atoms with Crippen molar-refractivity contribution in [3.8, 4) is 11.5 Å². The van der Waals surface area contributed by atoms with Gasteiger partial charge in [0.05, 0.1) is 13.2 Å². The highest BCUT2D eigenvalue weighted by atomic mass is 16.5. The summed E-state index contributed by atoms with van der Waals surface area (Å²) in [6.07, 6.45) is 0. The number of hydrogen-bond acceptors (Lipinski definition) is 4. The molecule has 0 bridgehead atoms. The molecular formula is C22H30O4. The number of rotatable bonds is 9. The van der Waals surface area contributed by atoms with E-state index in [1.54, 1.807) is 0 Å². The number of hydrogen-bond donors (Lipinski definition) is 2. The Labute approximate surface area is 156 Å². The molecule has 0 aromatic heterocycles. The minimum Gasteiger partial charge on any atom is -0.491 e. The third-order valence-corrected chi connectivity index (χ3v) is 4.90. The van der Waals surface area contributed by atoms with Crippen molar-refractivity contribution >= 4 is 0 Å². The monoisotopic (exact) mass is 358 g/mol. The van der Waals surface area contributed by atoms with Gasteiger partial charge < -0.3 is 19.7 Å². The van der Waals surface area contributed by atoms with Crippen molar-refractivity contribution in [2.45, 2.75) is 39.5 Å². The van der Waals surface area contributed by atoms with Crippen LogP contribution < -0.4 is 9.47 Å². The number of ether oxygens (including phenoxy) is 2. The molecule has 2 unspecified atom stereocenters. The molecule has 0 heterocycles. The minimum atomic E-state index is 0.0198. The molecule has 0 aliphatic rings. The van der Waals surface area contributed by atoms with Crippen molar-refractivity contribution < 1.29 is 19.7 Å². The molecule has 142 valence electrons. The Hall–Kier alpha value is -2.04. The van der Waals surface area contributed by atoms with Crippen molar-refractivity contribution in [1.82, 2.24) is 0 Å². The van der Waals surface area contributed by atoms with Gasteiger partial charge >= 0.3 is 0 Å². The summed E-state index contributed by atoms with van der Waals surface area (Å²) >= 11 is 0. The van der Waals surface area contributed by atoms with Gasteiger partial charge in [-0.1, -0.05) is 38.1 Å². The number of benzene rings is 2. The van der Waals surface area contributed by atoms with Crippen molar-refractivity contribution in [2.75, 3.05) is 26.4 Å². The van der Waals surface area contributed by atoms with Crippen LogP contribution in [-0.2, 0) is 0 Å². The fourth-order valence-electron chi connectivity index (χ4n) is 3.12. The smallest absolute Gasteiger partial charge is 0.122 e. The van der Waals surface area contributed by atoms with Crippen LogP contribution in [0.5, 0.6) is 11.5 Å². The van der Waals surface area contributed by atoms with Gasteiger partial charge in [0, 0.05) is 0 Å². The van der Waals surface area contributed by atoms with Crippen LogP contribution >= 0.6 is 0 Å². The average molecular weight is 358 g/mol. The van der Waals surface area contributed by atoms with E-state index >= 15 is 0 Å².